The van der Waals surface area contributed by atoms with E-state index in [4.69, 9.17) is 0 Å². The van der Waals surface area contributed by atoms with Gasteiger partial charge in [-0.1, -0.05) is 0 Å². The van der Waals surface area contributed by atoms with E-state index < -0.39 is 4.92 Å². The number of nitrogens with zero attached hydrogens (tertiary/aromatic N) is 4. The molecule has 9 heteroatoms. The Labute approximate surface area is 134 Å². The number of hydrogen-bond donors (Lipinski definition) is 1. The van der Waals surface area contributed by atoms with Crippen LogP contribution >= 0.6 is 27.3 Å². The second-order valence-electron chi connectivity index (χ2n) is 4.31. The second kappa shape index (κ2) is 6.81. The number of nitro groups is 1. The molecule has 0 atom stereocenters. The molecule has 7 nitrogen and oxygen atoms in total. The number of aromatic nitrogens is 2. The summed E-state index contributed by atoms with van der Waals surface area (Å²) >= 11 is 4.98. The SMILES string of the molecule is CCNc1ncc([N+](=O)[O-])c(N(C)Cc2csc(Br)c2)n1. The highest BCUT2D eigenvalue weighted by atomic mass is 79.9. The van der Waals surface area contributed by atoms with Gasteiger partial charge >= 0.3 is 5.69 Å². The molecular formula is C12H14BrN5O2S. The molecule has 1 N–H and O–H groups in total. The third-order valence-corrected chi connectivity index (χ3v) is 4.24. The van der Waals surface area contributed by atoms with E-state index in [-0.39, 0.29) is 5.69 Å². The quantitative estimate of drug-likeness (QED) is 0.619. The van der Waals surface area contributed by atoms with Crippen LogP contribution < -0.4 is 10.2 Å². The fraction of sp³-hybridized carbons (Fsp3) is 0.333. The maximum absolute atomic E-state index is 11.1. The lowest BCUT2D eigenvalue weighted by atomic mass is 10.3. The summed E-state index contributed by atoms with van der Waals surface area (Å²) < 4.78 is 1.02. The first-order valence-electron chi connectivity index (χ1n) is 6.20. The Kier molecular flexibility index (Phi) is 5.07. The minimum absolute atomic E-state index is 0.103. The number of thiophene rings is 1. The minimum Gasteiger partial charge on any atom is -0.354 e. The van der Waals surface area contributed by atoms with E-state index in [1.807, 2.05) is 18.4 Å². The van der Waals surface area contributed by atoms with Crippen molar-refractivity contribution in [2.75, 3.05) is 23.8 Å². The van der Waals surface area contributed by atoms with Crippen LogP contribution in [0, 0.1) is 10.1 Å². The van der Waals surface area contributed by atoms with Crippen molar-refractivity contribution in [3.05, 3.63) is 37.1 Å². The summed E-state index contributed by atoms with van der Waals surface area (Å²) in [6, 6.07) is 1.99. The van der Waals surface area contributed by atoms with Crippen molar-refractivity contribution in [2.45, 2.75) is 13.5 Å². The van der Waals surface area contributed by atoms with Gasteiger partial charge in [0, 0.05) is 20.1 Å². The Morgan fingerprint density at radius 2 is 2.33 bits per heavy atom. The minimum atomic E-state index is -0.467. The van der Waals surface area contributed by atoms with Crippen LogP contribution in [0.15, 0.2) is 21.4 Å². The van der Waals surface area contributed by atoms with E-state index in [1.54, 1.807) is 23.3 Å². The van der Waals surface area contributed by atoms with Gasteiger partial charge in [-0.15, -0.1) is 11.3 Å². The molecule has 2 aromatic rings. The summed E-state index contributed by atoms with van der Waals surface area (Å²) in [6.07, 6.45) is 1.24. The number of hydrogen-bond acceptors (Lipinski definition) is 7. The van der Waals surface area contributed by atoms with E-state index in [2.05, 4.69) is 31.2 Å². The van der Waals surface area contributed by atoms with Crippen molar-refractivity contribution in [1.29, 1.82) is 0 Å². The van der Waals surface area contributed by atoms with Gasteiger partial charge < -0.3 is 10.2 Å². The van der Waals surface area contributed by atoms with E-state index in [0.29, 0.717) is 24.9 Å². The molecule has 0 aliphatic heterocycles. The molecule has 2 rings (SSSR count). The first kappa shape index (κ1) is 15.6. The third-order valence-electron chi connectivity index (χ3n) is 2.68. The highest BCUT2D eigenvalue weighted by molar-refractivity contribution is 9.11. The largest absolute Gasteiger partial charge is 0.354 e. The zero-order chi connectivity index (χ0) is 15.4. The van der Waals surface area contributed by atoms with Crippen LogP contribution in [-0.4, -0.2) is 28.5 Å². The van der Waals surface area contributed by atoms with Gasteiger partial charge in [0.1, 0.15) is 6.20 Å². The number of halogens is 1. The summed E-state index contributed by atoms with van der Waals surface area (Å²) in [5, 5.41) is 16.1. The Balaban J connectivity index is 2.30. The lowest BCUT2D eigenvalue weighted by Gasteiger charge is -2.17. The predicted octanol–water partition coefficient (Wildman–Crippen LogP) is 3.28. The van der Waals surface area contributed by atoms with Crippen molar-refractivity contribution in [1.82, 2.24) is 9.97 Å². The molecule has 0 aromatic carbocycles. The lowest BCUT2D eigenvalue weighted by Crippen LogP contribution is -2.20. The molecule has 0 spiro atoms. The van der Waals surface area contributed by atoms with Crippen LogP contribution in [0.4, 0.5) is 17.5 Å². The van der Waals surface area contributed by atoms with Gasteiger partial charge in [-0.2, -0.15) is 4.98 Å². The number of rotatable bonds is 6. The van der Waals surface area contributed by atoms with Crippen LogP contribution in [0.2, 0.25) is 0 Å². The molecule has 2 aromatic heterocycles. The Morgan fingerprint density at radius 1 is 1.57 bits per heavy atom. The Bertz CT molecular complexity index is 648. The average molecular weight is 372 g/mol. The molecule has 2 heterocycles. The molecule has 0 radical (unpaired) electrons. The number of anilines is 2. The van der Waals surface area contributed by atoms with Crippen molar-refractivity contribution in [3.8, 4) is 0 Å². The highest BCUT2D eigenvalue weighted by Gasteiger charge is 2.21. The molecule has 0 bridgehead atoms. The molecular weight excluding hydrogens is 358 g/mol. The van der Waals surface area contributed by atoms with Gasteiger partial charge in [0.2, 0.25) is 11.8 Å². The van der Waals surface area contributed by atoms with Crippen LogP contribution in [0.25, 0.3) is 0 Å². The molecule has 0 unspecified atom stereocenters. The molecule has 21 heavy (non-hydrogen) atoms. The van der Waals surface area contributed by atoms with Crippen molar-refractivity contribution < 1.29 is 4.92 Å². The van der Waals surface area contributed by atoms with Gasteiger partial charge in [-0.25, -0.2) is 4.98 Å². The zero-order valence-electron chi connectivity index (χ0n) is 11.5. The summed E-state index contributed by atoms with van der Waals surface area (Å²) in [7, 11) is 1.77. The summed E-state index contributed by atoms with van der Waals surface area (Å²) in [5.41, 5.74) is 0.959. The monoisotopic (exact) mass is 371 g/mol. The molecule has 0 saturated carbocycles. The summed E-state index contributed by atoms with van der Waals surface area (Å²) in [5.74, 6) is 0.685. The van der Waals surface area contributed by atoms with Crippen molar-refractivity contribution in [2.24, 2.45) is 0 Å². The van der Waals surface area contributed by atoms with Gasteiger partial charge in [-0.3, -0.25) is 10.1 Å². The van der Waals surface area contributed by atoms with Gasteiger partial charge in [0.25, 0.3) is 0 Å². The van der Waals surface area contributed by atoms with Crippen molar-refractivity contribution >= 4 is 44.7 Å². The molecule has 0 saturated heterocycles. The van der Waals surface area contributed by atoms with Gasteiger partial charge in [0.15, 0.2) is 0 Å². The molecule has 0 aliphatic carbocycles. The summed E-state index contributed by atoms with van der Waals surface area (Å²) in [6.45, 7) is 3.10. The van der Waals surface area contributed by atoms with Crippen molar-refractivity contribution in [3.63, 3.8) is 0 Å². The lowest BCUT2D eigenvalue weighted by molar-refractivity contribution is -0.384. The molecule has 0 aliphatic rings. The number of nitrogens with one attached hydrogen (secondary N) is 1. The Hall–Kier alpha value is -1.74. The summed E-state index contributed by atoms with van der Waals surface area (Å²) in [4.78, 5) is 20.6. The average Bonchev–Trinajstić information content (AvgIpc) is 2.84. The fourth-order valence-corrected chi connectivity index (χ4v) is 3.00. The van der Waals surface area contributed by atoms with E-state index in [1.165, 1.54) is 6.20 Å². The van der Waals surface area contributed by atoms with E-state index >= 15 is 0 Å². The van der Waals surface area contributed by atoms with Crippen LogP contribution in [0.5, 0.6) is 0 Å². The third kappa shape index (κ3) is 3.88. The van der Waals surface area contributed by atoms with Gasteiger partial charge in [0.05, 0.1) is 8.71 Å². The highest BCUT2D eigenvalue weighted by Crippen LogP contribution is 2.28. The maximum Gasteiger partial charge on any atom is 0.329 e. The fourth-order valence-electron chi connectivity index (χ4n) is 1.80. The zero-order valence-corrected chi connectivity index (χ0v) is 13.9. The van der Waals surface area contributed by atoms with Gasteiger partial charge in [-0.05, 0) is 39.9 Å². The topological polar surface area (TPSA) is 84.2 Å². The van der Waals surface area contributed by atoms with Crippen LogP contribution in [0.1, 0.15) is 12.5 Å². The standard InChI is InChI=1S/C12H14BrN5O2S/c1-3-14-12-15-5-9(18(19)20)11(16-12)17(2)6-8-4-10(13)21-7-8/h4-5,7H,3,6H2,1-2H3,(H,14,15,16). The maximum atomic E-state index is 11.1. The van der Waals surface area contributed by atoms with E-state index in [9.17, 15) is 10.1 Å². The predicted molar refractivity (Wildman–Crippen MR) is 87.0 cm³/mol. The first-order chi connectivity index (χ1) is 10.0. The second-order valence-corrected chi connectivity index (χ2v) is 6.60. The Morgan fingerprint density at radius 3 is 2.90 bits per heavy atom. The first-order valence-corrected chi connectivity index (χ1v) is 7.88. The molecule has 0 fully saturated rings. The molecule has 112 valence electrons. The van der Waals surface area contributed by atoms with Crippen LogP contribution in [0.3, 0.4) is 0 Å². The van der Waals surface area contributed by atoms with E-state index in [0.717, 1.165) is 9.35 Å². The van der Waals surface area contributed by atoms with Crippen LogP contribution in [-0.2, 0) is 6.54 Å². The molecule has 0 amide bonds. The normalized spacial score (nSPS) is 10.4. The smallest absolute Gasteiger partial charge is 0.329 e.